The number of allylic oxidation sites excluding steroid dienone is 1. The summed E-state index contributed by atoms with van der Waals surface area (Å²) in [6.45, 7) is 6.35. The molecule has 0 spiro atoms. The minimum absolute atomic E-state index is 0.0200. The van der Waals surface area contributed by atoms with Gasteiger partial charge in [-0.1, -0.05) is 50.3 Å². The van der Waals surface area contributed by atoms with E-state index in [2.05, 4.69) is 0 Å². The van der Waals surface area contributed by atoms with Crippen LogP contribution in [0.15, 0.2) is 42.5 Å². The largest absolute Gasteiger partial charge is 0.394 e. The molecule has 0 unspecified atom stereocenters. The predicted molar refractivity (Wildman–Crippen MR) is 77.5 cm³/mol. The Balaban J connectivity index is 2.95. The number of aliphatic hydroxyl groups is 1. The summed E-state index contributed by atoms with van der Waals surface area (Å²) in [5.74, 6) is 0.155. The van der Waals surface area contributed by atoms with E-state index in [9.17, 15) is 9.90 Å². The predicted octanol–water partition coefficient (Wildman–Crippen LogP) is 2.61. The zero-order valence-electron chi connectivity index (χ0n) is 11.9. The first-order valence-corrected chi connectivity index (χ1v) is 6.68. The summed E-state index contributed by atoms with van der Waals surface area (Å²) in [5.41, 5.74) is 1.07. The number of rotatable bonds is 6. The second-order valence-electron chi connectivity index (χ2n) is 4.95. The van der Waals surface area contributed by atoms with E-state index in [0.29, 0.717) is 6.54 Å². The van der Waals surface area contributed by atoms with Crippen molar-refractivity contribution in [3.8, 4) is 0 Å². The fourth-order valence-electron chi connectivity index (χ4n) is 2.05. The lowest BCUT2D eigenvalue weighted by molar-refractivity contribution is -0.131. The second kappa shape index (κ2) is 7.74. The Bertz CT molecular complexity index is 412. The summed E-state index contributed by atoms with van der Waals surface area (Å²) in [7, 11) is 0. The van der Waals surface area contributed by atoms with Crippen LogP contribution >= 0.6 is 0 Å². The van der Waals surface area contributed by atoms with Crippen LogP contribution in [0, 0.1) is 5.92 Å². The van der Waals surface area contributed by atoms with Crippen LogP contribution in [0.25, 0.3) is 0 Å². The van der Waals surface area contributed by atoms with Gasteiger partial charge in [-0.15, -0.1) is 0 Å². The molecule has 1 amide bonds. The Hall–Kier alpha value is -1.61. The van der Waals surface area contributed by atoms with Crippen LogP contribution in [0.4, 0.5) is 0 Å². The third kappa shape index (κ3) is 4.52. The molecule has 1 atom stereocenters. The lowest BCUT2D eigenvalue weighted by atomic mass is 10.0. The van der Waals surface area contributed by atoms with Crippen molar-refractivity contribution >= 4 is 5.91 Å². The Kier molecular flexibility index (Phi) is 6.30. The van der Waals surface area contributed by atoms with Crippen LogP contribution in [0.5, 0.6) is 0 Å². The maximum atomic E-state index is 12.2. The minimum atomic E-state index is -0.163. The Morgan fingerprint density at radius 3 is 2.42 bits per heavy atom. The van der Waals surface area contributed by atoms with Gasteiger partial charge in [-0.25, -0.2) is 0 Å². The van der Waals surface area contributed by atoms with Crippen molar-refractivity contribution in [3.63, 3.8) is 0 Å². The molecule has 1 N–H and O–H groups in total. The van der Waals surface area contributed by atoms with Gasteiger partial charge in [0.25, 0.3) is 0 Å². The summed E-state index contributed by atoms with van der Waals surface area (Å²) in [6.07, 6.45) is 3.28. The first kappa shape index (κ1) is 15.4. The molecule has 0 aliphatic carbocycles. The summed E-state index contributed by atoms with van der Waals surface area (Å²) in [6, 6.07) is 9.68. The van der Waals surface area contributed by atoms with E-state index in [1.54, 1.807) is 17.1 Å². The molecule has 0 aromatic heterocycles. The molecule has 1 rings (SSSR count). The molecule has 1 aromatic rings. The average molecular weight is 261 g/mol. The third-order valence-corrected chi connectivity index (χ3v) is 3.15. The molecule has 0 saturated heterocycles. The molecular formula is C16H23NO2. The van der Waals surface area contributed by atoms with Crippen molar-refractivity contribution in [2.45, 2.75) is 33.4 Å². The molecule has 0 aliphatic heterocycles. The van der Waals surface area contributed by atoms with E-state index in [4.69, 9.17) is 0 Å². The molecule has 104 valence electrons. The zero-order chi connectivity index (χ0) is 14.3. The average Bonchev–Trinajstić information content (AvgIpc) is 2.39. The molecule has 3 heteroatoms. The molecular weight excluding hydrogens is 238 g/mol. The number of benzene rings is 1. The van der Waals surface area contributed by atoms with Crippen LogP contribution in [-0.4, -0.2) is 28.6 Å². The van der Waals surface area contributed by atoms with Gasteiger partial charge in [-0.2, -0.15) is 0 Å². The maximum Gasteiger partial charge on any atom is 0.246 e. The van der Waals surface area contributed by atoms with Crippen molar-refractivity contribution in [1.29, 1.82) is 0 Å². The molecule has 0 aliphatic rings. The highest BCUT2D eigenvalue weighted by Gasteiger charge is 2.24. The Morgan fingerprint density at radius 1 is 1.32 bits per heavy atom. The van der Waals surface area contributed by atoms with Crippen molar-refractivity contribution in [2.24, 2.45) is 5.92 Å². The van der Waals surface area contributed by atoms with Gasteiger partial charge in [0.2, 0.25) is 5.91 Å². The van der Waals surface area contributed by atoms with E-state index < -0.39 is 0 Å². The number of carbonyl (C=O) groups excluding carboxylic acids is 1. The van der Waals surface area contributed by atoms with E-state index in [0.717, 1.165) is 5.56 Å². The SMILES string of the molecule is C/C=C/C(=O)N(Cc1ccccc1)[C@@H](CO)C(C)C. The van der Waals surface area contributed by atoms with Crippen molar-refractivity contribution in [3.05, 3.63) is 48.0 Å². The van der Waals surface area contributed by atoms with Gasteiger partial charge < -0.3 is 10.0 Å². The molecule has 0 radical (unpaired) electrons. The zero-order valence-corrected chi connectivity index (χ0v) is 11.9. The van der Waals surface area contributed by atoms with Crippen LogP contribution in [0.3, 0.4) is 0 Å². The summed E-state index contributed by atoms with van der Waals surface area (Å²) >= 11 is 0. The lowest BCUT2D eigenvalue weighted by Crippen LogP contribution is -2.44. The smallest absolute Gasteiger partial charge is 0.246 e. The first-order chi connectivity index (χ1) is 9.10. The van der Waals surface area contributed by atoms with E-state index in [-0.39, 0.29) is 24.5 Å². The van der Waals surface area contributed by atoms with Gasteiger partial charge >= 0.3 is 0 Å². The van der Waals surface area contributed by atoms with Crippen molar-refractivity contribution in [2.75, 3.05) is 6.61 Å². The number of aliphatic hydroxyl groups excluding tert-OH is 1. The topological polar surface area (TPSA) is 40.5 Å². The molecule has 3 nitrogen and oxygen atoms in total. The van der Waals surface area contributed by atoms with E-state index >= 15 is 0 Å². The van der Waals surface area contributed by atoms with Gasteiger partial charge in [-0.3, -0.25) is 4.79 Å². The Labute approximate surface area is 115 Å². The van der Waals surface area contributed by atoms with Gasteiger partial charge in [0.05, 0.1) is 12.6 Å². The van der Waals surface area contributed by atoms with E-state index in [1.165, 1.54) is 0 Å². The van der Waals surface area contributed by atoms with Crippen LogP contribution in [0.2, 0.25) is 0 Å². The summed E-state index contributed by atoms with van der Waals surface area (Å²) in [4.78, 5) is 13.9. The fraction of sp³-hybridized carbons (Fsp3) is 0.438. The van der Waals surface area contributed by atoms with Gasteiger partial charge in [-0.05, 0) is 24.5 Å². The monoisotopic (exact) mass is 261 g/mol. The highest BCUT2D eigenvalue weighted by molar-refractivity contribution is 5.87. The molecule has 0 bridgehead atoms. The second-order valence-corrected chi connectivity index (χ2v) is 4.95. The highest BCUT2D eigenvalue weighted by Crippen LogP contribution is 2.15. The number of amides is 1. The normalized spacial score (nSPS) is 12.9. The maximum absolute atomic E-state index is 12.2. The first-order valence-electron chi connectivity index (χ1n) is 6.68. The van der Waals surface area contributed by atoms with Crippen molar-refractivity contribution < 1.29 is 9.90 Å². The number of nitrogens with zero attached hydrogens (tertiary/aromatic N) is 1. The molecule has 0 fully saturated rings. The molecule has 19 heavy (non-hydrogen) atoms. The van der Waals surface area contributed by atoms with Gasteiger partial charge in [0.1, 0.15) is 0 Å². The van der Waals surface area contributed by atoms with Crippen LogP contribution in [0.1, 0.15) is 26.3 Å². The minimum Gasteiger partial charge on any atom is -0.394 e. The summed E-state index contributed by atoms with van der Waals surface area (Å²) < 4.78 is 0. The van der Waals surface area contributed by atoms with Gasteiger partial charge in [0.15, 0.2) is 0 Å². The quantitative estimate of drug-likeness (QED) is 0.800. The number of hydrogen-bond acceptors (Lipinski definition) is 2. The highest BCUT2D eigenvalue weighted by atomic mass is 16.3. The number of hydrogen-bond donors (Lipinski definition) is 1. The third-order valence-electron chi connectivity index (χ3n) is 3.15. The van der Waals surface area contributed by atoms with Crippen LogP contribution < -0.4 is 0 Å². The summed E-state index contributed by atoms with van der Waals surface area (Å²) in [5, 5.41) is 9.54. The standard InChI is InChI=1S/C16H23NO2/c1-4-8-16(19)17(15(12-18)13(2)3)11-14-9-6-5-7-10-14/h4-10,13,15,18H,11-12H2,1-3H3/b8-4+/t15-/m0/s1. The Morgan fingerprint density at radius 2 is 1.95 bits per heavy atom. The number of carbonyl (C=O) groups is 1. The molecule has 0 saturated carbocycles. The van der Waals surface area contributed by atoms with E-state index in [1.807, 2.05) is 51.1 Å². The fourth-order valence-corrected chi connectivity index (χ4v) is 2.05. The molecule has 1 aromatic carbocycles. The molecule has 0 heterocycles. The van der Waals surface area contributed by atoms with Crippen LogP contribution in [-0.2, 0) is 11.3 Å². The lowest BCUT2D eigenvalue weighted by Gasteiger charge is -2.32. The van der Waals surface area contributed by atoms with Gasteiger partial charge in [0, 0.05) is 6.54 Å². The van der Waals surface area contributed by atoms with Crippen molar-refractivity contribution in [1.82, 2.24) is 4.90 Å².